The lowest BCUT2D eigenvalue weighted by molar-refractivity contribution is 0.152. The van der Waals surface area contributed by atoms with E-state index in [-0.39, 0.29) is 5.82 Å². The average molecular weight is 449 g/mol. The zero-order valence-corrected chi connectivity index (χ0v) is 20.6. The molecule has 2 aliphatic rings. The number of ether oxygens (including phenoxy) is 1. The first-order valence-electron chi connectivity index (χ1n) is 13.3. The predicted octanol–water partition coefficient (Wildman–Crippen LogP) is 9.06. The van der Waals surface area contributed by atoms with Gasteiger partial charge in [-0.1, -0.05) is 61.4 Å². The molecule has 0 atom stereocenters. The molecule has 0 spiro atoms. The Bertz CT molecular complexity index is 943. The van der Waals surface area contributed by atoms with E-state index in [9.17, 15) is 4.39 Å². The van der Waals surface area contributed by atoms with E-state index in [4.69, 9.17) is 4.74 Å². The molecule has 1 nitrogen and oxygen atoms in total. The van der Waals surface area contributed by atoms with Crippen molar-refractivity contribution in [2.24, 2.45) is 23.7 Å². The second kappa shape index (κ2) is 11.9. The summed E-state index contributed by atoms with van der Waals surface area (Å²) >= 11 is 0. The minimum atomic E-state index is -0.248. The summed E-state index contributed by atoms with van der Waals surface area (Å²) in [6.07, 6.45) is 22.2. The first-order valence-corrected chi connectivity index (χ1v) is 13.3. The van der Waals surface area contributed by atoms with Crippen molar-refractivity contribution in [3.05, 3.63) is 66.0 Å². The van der Waals surface area contributed by atoms with E-state index in [0.29, 0.717) is 17.7 Å². The van der Waals surface area contributed by atoms with Gasteiger partial charge in [-0.15, -0.1) is 0 Å². The van der Waals surface area contributed by atoms with Gasteiger partial charge in [-0.3, -0.25) is 0 Å². The van der Waals surface area contributed by atoms with Gasteiger partial charge in [-0.2, -0.15) is 0 Å². The normalized spacial score (nSPS) is 26.4. The summed E-state index contributed by atoms with van der Waals surface area (Å²) in [4.78, 5) is 0. The minimum absolute atomic E-state index is 0.248. The van der Waals surface area contributed by atoms with Gasteiger partial charge in [0, 0.05) is 5.39 Å². The van der Waals surface area contributed by atoms with Crippen LogP contribution < -0.4 is 4.74 Å². The first-order chi connectivity index (χ1) is 16.2. The van der Waals surface area contributed by atoms with Gasteiger partial charge in [-0.25, -0.2) is 4.39 Å². The van der Waals surface area contributed by atoms with Gasteiger partial charge < -0.3 is 4.74 Å². The van der Waals surface area contributed by atoms with Crippen molar-refractivity contribution in [1.82, 2.24) is 0 Å². The molecule has 0 saturated heterocycles. The molecule has 178 valence electrons. The highest BCUT2D eigenvalue weighted by atomic mass is 19.1. The number of hydrogen-bond donors (Lipinski definition) is 0. The smallest absolute Gasteiger partial charge is 0.172 e. The maximum atomic E-state index is 14.8. The molecule has 4 rings (SSSR count). The third-order valence-corrected chi connectivity index (χ3v) is 8.23. The SMILES string of the molecule is CC=CCOc1ccc2cc(CCC3CCC(C4CCC(/C=C/C)CC4)CC3)ccc2c1F. The van der Waals surface area contributed by atoms with Crippen LogP contribution in [0.4, 0.5) is 4.39 Å². The number of halogens is 1. The Hall–Kier alpha value is -2.09. The minimum Gasteiger partial charge on any atom is -0.486 e. The van der Waals surface area contributed by atoms with Crippen molar-refractivity contribution >= 4 is 10.8 Å². The molecular weight excluding hydrogens is 407 g/mol. The van der Waals surface area contributed by atoms with Gasteiger partial charge in [0.15, 0.2) is 11.6 Å². The topological polar surface area (TPSA) is 9.23 Å². The zero-order chi connectivity index (χ0) is 23.0. The van der Waals surface area contributed by atoms with Crippen molar-refractivity contribution in [2.75, 3.05) is 6.61 Å². The van der Waals surface area contributed by atoms with E-state index >= 15 is 0 Å². The van der Waals surface area contributed by atoms with Crippen molar-refractivity contribution in [3.8, 4) is 5.75 Å². The lowest BCUT2D eigenvalue weighted by Gasteiger charge is -2.37. The van der Waals surface area contributed by atoms with E-state index < -0.39 is 0 Å². The predicted molar refractivity (Wildman–Crippen MR) is 138 cm³/mol. The molecule has 0 aliphatic heterocycles. The van der Waals surface area contributed by atoms with Crippen LogP contribution in [0, 0.1) is 29.5 Å². The summed E-state index contributed by atoms with van der Waals surface area (Å²) in [5.41, 5.74) is 1.33. The molecule has 0 aromatic heterocycles. The molecule has 2 aromatic rings. The Morgan fingerprint density at radius 2 is 1.61 bits per heavy atom. The van der Waals surface area contributed by atoms with Crippen LogP contribution in [0.2, 0.25) is 0 Å². The highest BCUT2D eigenvalue weighted by Crippen LogP contribution is 2.42. The number of fused-ring (bicyclic) bond motifs is 1. The third kappa shape index (κ3) is 6.28. The average Bonchev–Trinajstić information content (AvgIpc) is 2.85. The van der Waals surface area contributed by atoms with E-state index in [0.717, 1.165) is 35.5 Å². The molecule has 0 radical (unpaired) electrons. The quantitative estimate of drug-likeness (QED) is 0.366. The van der Waals surface area contributed by atoms with Crippen molar-refractivity contribution in [1.29, 1.82) is 0 Å². The molecule has 0 unspecified atom stereocenters. The highest BCUT2D eigenvalue weighted by Gasteiger charge is 2.30. The molecule has 0 bridgehead atoms. The lowest BCUT2D eigenvalue weighted by atomic mass is 9.68. The summed E-state index contributed by atoms with van der Waals surface area (Å²) in [5, 5.41) is 1.63. The summed E-state index contributed by atoms with van der Waals surface area (Å²) in [5.74, 6) is 3.74. The van der Waals surface area contributed by atoms with Gasteiger partial charge in [-0.05, 0) is 106 Å². The van der Waals surface area contributed by atoms with E-state index in [1.54, 1.807) is 6.07 Å². The van der Waals surface area contributed by atoms with Gasteiger partial charge in [0.25, 0.3) is 0 Å². The number of allylic oxidation sites excluding steroid dienone is 3. The summed E-state index contributed by atoms with van der Waals surface area (Å²) < 4.78 is 20.3. The van der Waals surface area contributed by atoms with Gasteiger partial charge in [0.05, 0.1) is 0 Å². The molecule has 0 N–H and O–H groups in total. The van der Waals surface area contributed by atoms with Crippen molar-refractivity contribution in [3.63, 3.8) is 0 Å². The van der Waals surface area contributed by atoms with Crippen LogP contribution in [0.1, 0.15) is 77.2 Å². The van der Waals surface area contributed by atoms with Crippen LogP contribution >= 0.6 is 0 Å². The number of hydrogen-bond acceptors (Lipinski definition) is 1. The summed E-state index contributed by atoms with van der Waals surface area (Å²) in [7, 11) is 0. The maximum Gasteiger partial charge on any atom is 0.172 e. The Morgan fingerprint density at radius 3 is 2.30 bits per heavy atom. The second-order valence-electron chi connectivity index (χ2n) is 10.3. The second-order valence-corrected chi connectivity index (χ2v) is 10.3. The Kier molecular flexibility index (Phi) is 8.64. The molecular formula is C31H41FO. The molecule has 2 saturated carbocycles. The fourth-order valence-electron chi connectivity index (χ4n) is 6.22. The Labute approximate surface area is 200 Å². The number of rotatable bonds is 8. The Balaban J connectivity index is 1.26. The molecule has 2 heteroatoms. The van der Waals surface area contributed by atoms with E-state index in [1.165, 1.54) is 63.4 Å². The molecule has 0 amide bonds. The van der Waals surface area contributed by atoms with E-state index in [1.807, 2.05) is 31.2 Å². The van der Waals surface area contributed by atoms with Crippen molar-refractivity contribution in [2.45, 2.75) is 78.1 Å². The Morgan fingerprint density at radius 1 is 0.879 bits per heavy atom. The molecule has 2 aromatic carbocycles. The van der Waals surface area contributed by atoms with Crippen molar-refractivity contribution < 1.29 is 9.13 Å². The van der Waals surface area contributed by atoms with Crippen LogP contribution in [-0.4, -0.2) is 6.61 Å². The number of aryl methyl sites for hydroxylation is 1. The zero-order valence-electron chi connectivity index (χ0n) is 20.6. The monoisotopic (exact) mass is 448 g/mol. The largest absolute Gasteiger partial charge is 0.486 e. The third-order valence-electron chi connectivity index (χ3n) is 8.23. The van der Waals surface area contributed by atoms with Gasteiger partial charge in [0.2, 0.25) is 0 Å². The molecule has 2 fully saturated rings. The standard InChI is InChI=1S/C31H41FO/c1-3-5-21-33-30-20-18-28-22-25(13-19-29(28)31(30)32)8-7-24-11-16-27(17-12-24)26-14-9-23(6-4-2)10-15-26/h3-6,13,18-20,22-24,26-27H,7-12,14-17,21H2,1-2H3/b5-3?,6-4+. The summed E-state index contributed by atoms with van der Waals surface area (Å²) in [6, 6.07) is 9.96. The van der Waals surface area contributed by atoms with E-state index in [2.05, 4.69) is 31.2 Å². The van der Waals surface area contributed by atoms with Crippen LogP contribution in [0.5, 0.6) is 5.75 Å². The lowest BCUT2D eigenvalue weighted by Crippen LogP contribution is -2.25. The van der Waals surface area contributed by atoms with Gasteiger partial charge in [0.1, 0.15) is 6.61 Å². The molecule has 0 heterocycles. The molecule has 2 aliphatic carbocycles. The maximum absolute atomic E-state index is 14.8. The summed E-state index contributed by atoms with van der Waals surface area (Å²) in [6.45, 7) is 4.49. The van der Waals surface area contributed by atoms with Crippen LogP contribution in [0.3, 0.4) is 0 Å². The first kappa shape index (κ1) is 24.0. The number of benzene rings is 2. The van der Waals surface area contributed by atoms with Gasteiger partial charge >= 0.3 is 0 Å². The fourth-order valence-corrected chi connectivity index (χ4v) is 6.22. The highest BCUT2D eigenvalue weighted by molar-refractivity contribution is 5.85. The van der Waals surface area contributed by atoms with Crippen LogP contribution in [-0.2, 0) is 6.42 Å². The van der Waals surface area contributed by atoms with Crippen LogP contribution in [0.15, 0.2) is 54.6 Å². The fraction of sp³-hybridized carbons (Fsp3) is 0.548. The van der Waals surface area contributed by atoms with Crippen LogP contribution in [0.25, 0.3) is 10.8 Å². The molecule has 33 heavy (non-hydrogen) atoms.